The Labute approximate surface area is 176 Å². The molecule has 2 saturated heterocycles. The SMILES string of the molecule is CCNC(=O)C[C@@H]1N=C(c2ccccc2)C2C(C)C(C)SC2N2C1N[N+](=O)C2C. The first kappa shape index (κ1) is 20.3. The molecule has 0 aliphatic carbocycles. The maximum Gasteiger partial charge on any atom is 0.289 e. The summed E-state index contributed by atoms with van der Waals surface area (Å²) < 4.78 is 0. The van der Waals surface area contributed by atoms with Gasteiger partial charge in [0.2, 0.25) is 5.91 Å². The van der Waals surface area contributed by atoms with E-state index in [1.165, 1.54) is 0 Å². The number of hydrogen-bond donors (Lipinski definition) is 2. The van der Waals surface area contributed by atoms with Crippen LogP contribution in [0, 0.1) is 16.7 Å². The van der Waals surface area contributed by atoms with E-state index >= 15 is 0 Å². The molecule has 0 aromatic heterocycles. The zero-order valence-electron chi connectivity index (χ0n) is 17.4. The maximum atomic E-state index is 12.5. The van der Waals surface area contributed by atoms with Gasteiger partial charge in [0.15, 0.2) is 6.17 Å². The molecule has 2 fully saturated rings. The van der Waals surface area contributed by atoms with Gasteiger partial charge in [-0.15, -0.1) is 17.2 Å². The number of nitrogens with one attached hydrogen (secondary N) is 2. The van der Waals surface area contributed by atoms with Crippen molar-refractivity contribution >= 4 is 23.4 Å². The lowest BCUT2D eigenvalue weighted by atomic mass is 9.84. The van der Waals surface area contributed by atoms with E-state index in [0.717, 1.165) is 16.1 Å². The summed E-state index contributed by atoms with van der Waals surface area (Å²) in [5, 5.41) is 3.49. The summed E-state index contributed by atoms with van der Waals surface area (Å²) in [5.41, 5.74) is 5.23. The van der Waals surface area contributed by atoms with E-state index in [2.05, 4.69) is 41.6 Å². The second-order valence-corrected chi connectivity index (χ2v) is 9.70. The van der Waals surface area contributed by atoms with Crippen molar-refractivity contribution in [2.75, 3.05) is 6.54 Å². The molecular formula is C21H30N5O2S+. The van der Waals surface area contributed by atoms with Gasteiger partial charge in [0.1, 0.15) is 4.87 Å². The van der Waals surface area contributed by atoms with Gasteiger partial charge in [0.05, 0.1) is 22.7 Å². The highest BCUT2D eigenvalue weighted by atomic mass is 32.2. The smallest absolute Gasteiger partial charge is 0.289 e. The van der Waals surface area contributed by atoms with E-state index in [0.29, 0.717) is 17.7 Å². The Morgan fingerprint density at radius 2 is 2.00 bits per heavy atom. The van der Waals surface area contributed by atoms with E-state index in [-0.39, 0.29) is 42.0 Å². The molecule has 0 saturated carbocycles. The molecule has 0 radical (unpaired) electrons. The highest BCUT2D eigenvalue weighted by molar-refractivity contribution is 8.00. The van der Waals surface area contributed by atoms with Gasteiger partial charge in [-0.05, 0) is 18.4 Å². The van der Waals surface area contributed by atoms with Crippen molar-refractivity contribution in [2.24, 2.45) is 16.8 Å². The Morgan fingerprint density at radius 1 is 1.28 bits per heavy atom. The van der Waals surface area contributed by atoms with Crippen LogP contribution in [-0.4, -0.2) is 56.9 Å². The molecule has 0 spiro atoms. The minimum atomic E-state index is -0.327. The summed E-state index contributed by atoms with van der Waals surface area (Å²) in [6.07, 6.45) is -0.337. The fraction of sp³-hybridized carbons (Fsp3) is 0.619. The monoisotopic (exact) mass is 416 g/mol. The summed E-state index contributed by atoms with van der Waals surface area (Å²) in [7, 11) is 0. The van der Waals surface area contributed by atoms with Crippen molar-refractivity contribution in [3.8, 4) is 0 Å². The van der Waals surface area contributed by atoms with Gasteiger partial charge < -0.3 is 5.32 Å². The van der Waals surface area contributed by atoms with Crippen LogP contribution >= 0.6 is 11.8 Å². The lowest BCUT2D eigenvalue weighted by molar-refractivity contribution is -0.626. The van der Waals surface area contributed by atoms with E-state index in [9.17, 15) is 9.70 Å². The Balaban J connectivity index is 1.82. The third-order valence-electron chi connectivity index (χ3n) is 6.44. The van der Waals surface area contributed by atoms with Crippen LogP contribution in [-0.2, 0) is 4.79 Å². The van der Waals surface area contributed by atoms with E-state index in [1.54, 1.807) is 0 Å². The minimum Gasteiger partial charge on any atom is -0.356 e. The number of aliphatic imine (C=N–C) groups is 1. The molecule has 1 aromatic carbocycles. The van der Waals surface area contributed by atoms with Crippen molar-refractivity contribution in [1.29, 1.82) is 0 Å². The first-order chi connectivity index (χ1) is 13.9. The molecule has 3 aliphatic rings. The maximum absolute atomic E-state index is 12.5. The largest absolute Gasteiger partial charge is 0.356 e. The number of rotatable bonds is 4. The average molecular weight is 417 g/mol. The summed E-state index contributed by atoms with van der Waals surface area (Å²) >= 11 is 1.92. The Hall–Kier alpha value is -1.93. The molecule has 4 rings (SSSR count). The second kappa shape index (κ2) is 8.07. The molecule has 3 aliphatic heterocycles. The molecule has 1 amide bonds. The molecule has 7 nitrogen and oxygen atoms in total. The number of thioether (sulfide) groups is 1. The van der Waals surface area contributed by atoms with Gasteiger partial charge in [0.25, 0.3) is 6.17 Å². The van der Waals surface area contributed by atoms with Crippen molar-refractivity contribution < 1.29 is 9.66 Å². The number of nitroso groups, excluding NO2 is 1. The number of amides is 1. The Morgan fingerprint density at radius 3 is 2.69 bits per heavy atom. The number of carbonyl (C=O) groups is 1. The standard InChI is InChI=1S/C21H29N5O2S/c1-5-22-17(27)11-16-20-24-26(28)14(4)25(20)21-18(12(2)13(3)29-21)19(23-16)15-9-7-6-8-10-15/h6-10,12-14,16,18,20-21H,5,11H2,1-4H3,(H-,22,24,27,28)/p+1/t12?,13?,14?,16-,18?,20?,21?/m0/s1. The summed E-state index contributed by atoms with van der Waals surface area (Å²) in [5.74, 6) is 0.587. The van der Waals surface area contributed by atoms with Gasteiger partial charge >= 0.3 is 0 Å². The predicted octanol–water partition coefficient (Wildman–Crippen LogP) is 2.37. The van der Waals surface area contributed by atoms with Gasteiger partial charge in [-0.25, -0.2) is 0 Å². The third-order valence-corrected chi connectivity index (χ3v) is 8.11. The molecular weight excluding hydrogens is 386 g/mol. The van der Waals surface area contributed by atoms with Gasteiger partial charge in [-0.3, -0.25) is 9.79 Å². The van der Waals surface area contributed by atoms with E-state index in [4.69, 9.17) is 4.99 Å². The summed E-state index contributed by atoms with van der Waals surface area (Å²) in [6.45, 7) is 8.97. The molecule has 8 heteroatoms. The first-order valence-electron chi connectivity index (χ1n) is 10.5. The first-order valence-corrected chi connectivity index (χ1v) is 11.4. The Bertz CT molecular complexity index is 817. The Kier molecular flexibility index (Phi) is 5.66. The fourth-order valence-electron chi connectivity index (χ4n) is 4.76. The number of hydrazine groups is 1. The third kappa shape index (κ3) is 3.57. The molecule has 156 valence electrons. The normalized spacial score (nSPS) is 36.6. The zero-order chi connectivity index (χ0) is 20.7. The van der Waals surface area contributed by atoms with Crippen molar-refractivity contribution in [3.05, 3.63) is 40.8 Å². The van der Waals surface area contributed by atoms with Crippen molar-refractivity contribution in [1.82, 2.24) is 15.6 Å². The number of fused-ring (bicyclic) bond motifs is 3. The average Bonchev–Trinajstić information content (AvgIpc) is 3.11. The lowest BCUT2D eigenvalue weighted by Crippen LogP contribution is -2.51. The molecule has 0 bridgehead atoms. The fourth-order valence-corrected chi connectivity index (χ4v) is 6.61. The number of nitrogens with zero attached hydrogens (tertiary/aromatic N) is 3. The quantitative estimate of drug-likeness (QED) is 0.737. The van der Waals surface area contributed by atoms with Crippen LogP contribution in [0.5, 0.6) is 0 Å². The molecule has 6 unspecified atom stereocenters. The van der Waals surface area contributed by atoms with Crippen LogP contribution in [0.3, 0.4) is 0 Å². The number of carbonyl (C=O) groups excluding carboxylic acids is 1. The van der Waals surface area contributed by atoms with Gasteiger partial charge in [0, 0.05) is 30.3 Å². The number of benzene rings is 1. The zero-order valence-corrected chi connectivity index (χ0v) is 18.2. The predicted molar refractivity (Wildman–Crippen MR) is 115 cm³/mol. The van der Waals surface area contributed by atoms with Gasteiger partial charge in [-0.2, -0.15) is 4.90 Å². The highest BCUT2D eigenvalue weighted by Gasteiger charge is 2.58. The highest BCUT2D eigenvalue weighted by Crippen LogP contribution is 2.49. The molecule has 3 heterocycles. The van der Waals surface area contributed by atoms with E-state index in [1.807, 2.05) is 43.8 Å². The minimum absolute atomic E-state index is 0.0338. The molecule has 1 aromatic rings. The summed E-state index contributed by atoms with van der Waals surface area (Å²) in [6, 6.07) is 9.96. The summed E-state index contributed by atoms with van der Waals surface area (Å²) in [4.78, 5) is 33.3. The van der Waals surface area contributed by atoms with Gasteiger partial charge in [-0.1, -0.05) is 44.2 Å². The van der Waals surface area contributed by atoms with Crippen LogP contribution in [0.25, 0.3) is 0 Å². The van der Waals surface area contributed by atoms with Crippen molar-refractivity contribution in [2.45, 2.75) is 63.1 Å². The number of hydrogen-bond acceptors (Lipinski definition) is 5. The topological polar surface area (TPSA) is 76.8 Å². The van der Waals surface area contributed by atoms with Crippen LogP contribution in [0.4, 0.5) is 0 Å². The van der Waals surface area contributed by atoms with Crippen LogP contribution < -0.4 is 10.7 Å². The lowest BCUT2D eigenvalue weighted by Gasteiger charge is -2.30. The van der Waals surface area contributed by atoms with Crippen LogP contribution in [0.1, 0.15) is 39.7 Å². The second-order valence-electron chi connectivity index (χ2n) is 8.20. The van der Waals surface area contributed by atoms with Crippen LogP contribution in [0.2, 0.25) is 0 Å². The van der Waals surface area contributed by atoms with E-state index < -0.39 is 0 Å². The van der Waals surface area contributed by atoms with Crippen LogP contribution in [0.15, 0.2) is 35.3 Å². The molecule has 29 heavy (non-hydrogen) atoms. The molecule has 7 atom stereocenters. The van der Waals surface area contributed by atoms with Crippen molar-refractivity contribution in [3.63, 3.8) is 0 Å². The molecule has 2 N–H and O–H groups in total.